The average Bonchev–Trinajstić information content (AvgIpc) is 2.80. The van der Waals surface area contributed by atoms with Crippen LogP contribution in [-0.4, -0.2) is 166 Å². The molecule has 1 aliphatic carbocycles. The Labute approximate surface area is 186 Å². The van der Waals surface area contributed by atoms with Crippen LogP contribution in [0.2, 0.25) is 0 Å². The summed E-state index contributed by atoms with van der Waals surface area (Å²) in [6.07, 6.45) is -30.1. The highest BCUT2D eigenvalue weighted by Gasteiger charge is 2.54. The van der Waals surface area contributed by atoms with E-state index in [9.17, 15) is 61.3 Å². The molecule has 0 aromatic carbocycles. The number of ether oxygens (including phenoxy) is 4. The van der Waals surface area contributed by atoms with Gasteiger partial charge in [0.1, 0.15) is 79.4 Å². The summed E-state index contributed by atoms with van der Waals surface area (Å²) in [6, 6.07) is 0. The maximum absolute atomic E-state index is 10.2. The molecule has 1 saturated carbocycles. The van der Waals surface area contributed by atoms with Crippen molar-refractivity contribution >= 4 is 0 Å². The molecule has 33 heavy (non-hydrogen) atoms. The van der Waals surface area contributed by atoms with Gasteiger partial charge in [0.05, 0.1) is 6.61 Å². The monoisotopic (exact) mass is 490 g/mol. The van der Waals surface area contributed by atoms with Gasteiger partial charge in [0.2, 0.25) is 0 Å². The minimum absolute atomic E-state index is 0.778. The Bertz CT molecular complexity index is 622. The Balaban J connectivity index is 1.73. The predicted molar refractivity (Wildman–Crippen MR) is 96.4 cm³/mol. The highest BCUT2D eigenvalue weighted by atomic mass is 16.8. The van der Waals surface area contributed by atoms with Gasteiger partial charge in [0.25, 0.3) is 0 Å². The molecule has 3 rings (SSSR count). The van der Waals surface area contributed by atoms with Crippen LogP contribution in [0.3, 0.4) is 0 Å². The lowest BCUT2D eigenvalue weighted by Crippen LogP contribution is -2.67. The van der Waals surface area contributed by atoms with Crippen molar-refractivity contribution in [3.05, 3.63) is 0 Å². The van der Waals surface area contributed by atoms with Crippen LogP contribution < -0.4 is 0 Å². The third kappa shape index (κ3) is 5.02. The Kier molecular flexibility index (Phi) is 8.61. The van der Waals surface area contributed by atoms with Crippen LogP contribution in [-0.2, 0) is 18.9 Å². The van der Waals surface area contributed by atoms with Crippen molar-refractivity contribution in [1.82, 2.24) is 0 Å². The average molecular weight is 490 g/mol. The van der Waals surface area contributed by atoms with E-state index in [1.165, 1.54) is 0 Å². The van der Waals surface area contributed by atoms with E-state index in [1.54, 1.807) is 0 Å². The summed E-state index contributed by atoms with van der Waals surface area (Å²) in [6.45, 7) is -0.778. The van der Waals surface area contributed by atoms with Gasteiger partial charge in [0, 0.05) is 0 Å². The molecule has 3 fully saturated rings. The molecular weight excluding hydrogens is 460 g/mol. The fourth-order valence-corrected chi connectivity index (χ4v) is 3.87. The van der Waals surface area contributed by atoms with E-state index in [0.717, 1.165) is 0 Å². The third-order valence-corrected chi connectivity index (χ3v) is 6.01. The molecule has 16 heteroatoms. The summed E-state index contributed by atoms with van der Waals surface area (Å²) in [5, 5.41) is 119. The van der Waals surface area contributed by atoms with Crippen molar-refractivity contribution < 1.29 is 80.2 Å². The van der Waals surface area contributed by atoms with Gasteiger partial charge < -0.3 is 80.2 Å². The first-order valence-electron chi connectivity index (χ1n) is 10.1. The van der Waals surface area contributed by atoms with Gasteiger partial charge in [-0.05, 0) is 0 Å². The van der Waals surface area contributed by atoms with E-state index in [4.69, 9.17) is 18.9 Å². The minimum Gasteiger partial charge on any atom is -0.394 e. The molecular formula is C17H30O16. The minimum atomic E-state index is -2.02. The second-order valence-electron chi connectivity index (χ2n) is 8.23. The van der Waals surface area contributed by atoms with E-state index in [1.807, 2.05) is 0 Å². The summed E-state index contributed by atoms with van der Waals surface area (Å²) in [5.74, 6) is 0. The molecule has 2 saturated heterocycles. The van der Waals surface area contributed by atoms with Crippen LogP contribution in [0.5, 0.6) is 0 Å². The van der Waals surface area contributed by atoms with Gasteiger partial charge >= 0.3 is 0 Å². The van der Waals surface area contributed by atoms with Crippen LogP contribution >= 0.6 is 0 Å². The first-order chi connectivity index (χ1) is 15.4. The lowest BCUT2D eigenvalue weighted by molar-refractivity contribution is -0.408. The molecule has 194 valence electrons. The molecule has 2 heterocycles. The van der Waals surface area contributed by atoms with Gasteiger partial charge in [-0.2, -0.15) is 0 Å². The van der Waals surface area contributed by atoms with E-state index < -0.39 is 105 Å². The number of hydrogen-bond donors (Lipinski definition) is 12. The van der Waals surface area contributed by atoms with Crippen molar-refractivity contribution in [1.29, 1.82) is 0 Å². The molecule has 0 aromatic heterocycles. The zero-order chi connectivity index (χ0) is 24.8. The molecule has 2 aliphatic heterocycles. The van der Waals surface area contributed by atoms with Gasteiger partial charge in [-0.1, -0.05) is 0 Å². The maximum Gasteiger partial charge on any atom is 0.192 e. The molecule has 0 amide bonds. The van der Waals surface area contributed by atoms with Gasteiger partial charge in [0.15, 0.2) is 18.9 Å². The standard InChI is InChI=1S/C17H30O16/c18-1-2-3(19)4(20)11(27)15(30-2)32-17-13(29)8(24)12(28)16(33-17)31-14-9(25)6(22)5(21)7(23)10(14)26/h2-29H,1H2. The summed E-state index contributed by atoms with van der Waals surface area (Å²) in [5.41, 5.74) is 0. The molecule has 14 atom stereocenters. The molecule has 0 aromatic rings. The lowest BCUT2D eigenvalue weighted by Gasteiger charge is -2.47. The highest BCUT2D eigenvalue weighted by molar-refractivity contribution is 5.00. The van der Waals surface area contributed by atoms with Gasteiger partial charge in [-0.25, -0.2) is 0 Å². The smallest absolute Gasteiger partial charge is 0.192 e. The van der Waals surface area contributed by atoms with E-state index >= 15 is 0 Å². The van der Waals surface area contributed by atoms with E-state index in [2.05, 4.69) is 0 Å². The fraction of sp³-hybridized carbons (Fsp3) is 1.00. The lowest BCUT2D eigenvalue weighted by atomic mass is 9.85. The van der Waals surface area contributed by atoms with Crippen LogP contribution in [0.15, 0.2) is 0 Å². The third-order valence-electron chi connectivity index (χ3n) is 6.01. The Morgan fingerprint density at radius 3 is 1.27 bits per heavy atom. The molecule has 0 spiro atoms. The fourth-order valence-electron chi connectivity index (χ4n) is 3.87. The molecule has 0 bridgehead atoms. The second kappa shape index (κ2) is 10.5. The topological polar surface area (TPSA) is 280 Å². The Morgan fingerprint density at radius 1 is 0.424 bits per heavy atom. The van der Waals surface area contributed by atoms with Gasteiger partial charge in [-0.3, -0.25) is 0 Å². The highest BCUT2D eigenvalue weighted by Crippen LogP contribution is 2.31. The number of aliphatic hydroxyl groups excluding tert-OH is 12. The number of aliphatic hydroxyl groups is 12. The van der Waals surface area contributed by atoms with E-state index in [-0.39, 0.29) is 0 Å². The summed E-state index contributed by atoms with van der Waals surface area (Å²) < 4.78 is 20.8. The van der Waals surface area contributed by atoms with Crippen LogP contribution in [0.25, 0.3) is 0 Å². The summed E-state index contributed by atoms with van der Waals surface area (Å²) in [4.78, 5) is 0. The first-order valence-corrected chi connectivity index (χ1v) is 10.1. The van der Waals surface area contributed by atoms with Crippen molar-refractivity contribution in [2.75, 3.05) is 6.61 Å². The molecule has 0 radical (unpaired) electrons. The second-order valence-corrected chi connectivity index (χ2v) is 8.23. The van der Waals surface area contributed by atoms with Crippen molar-refractivity contribution in [2.24, 2.45) is 0 Å². The van der Waals surface area contributed by atoms with Gasteiger partial charge in [-0.15, -0.1) is 0 Å². The van der Waals surface area contributed by atoms with E-state index in [0.29, 0.717) is 0 Å². The molecule has 16 nitrogen and oxygen atoms in total. The predicted octanol–water partition coefficient (Wildman–Crippen LogP) is -8.23. The SMILES string of the molecule is OCC1OC(OC2OC(OC3C(O)C(O)C(O)C(O)C3O)C(O)C(O)C2O)C(O)C(O)C1O. The van der Waals surface area contributed by atoms with Crippen molar-refractivity contribution in [3.63, 3.8) is 0 Å². The zero-order valence-electron chi connectivity index (χ0n) is 16.9. The van der Waals surface area contributed by atoms with Crippen LogP contribution in [0, 0.1) is 0 Å². The Morgan fingerprint density at radius 2 is 0.788 bits per heavy atom. The normalized spacial score (nSPS) is 56.0. The summed E-state index contributed by atoms with van der Waals surface area (Å²) in [7, 11) is 0. The molecule has 14 unspecified atom stereocenters. The van der Waals surface area contributed by atoms with Crippen LogP contribution in [0.4, 0.5) is 0 Å². The summed E-state index contributed by atoms with van der Waals surface area (Å²) >= 11 is 0. The van der Waals surface area contributed by atoms with Crippen molar-refractivity contribution in [3.8, 4) is 0 Å². The quantitative estimate of drug-likeness (QED) is 0.170. The van der Waals surface area contributed by atoms with Crippen LogP contribution in [0.1, 0.15) is 0 Å². The largest absolute Gasteiger partial charge is 0.394 e. The zero-order valence-corrected chi connectivity index (χ0v) is 16.9. The maximum atomic E-state index is 10.2. The first kappa shape index (κ1) is 27.0. The number of rotatable bonds is 5. The molecule has 12 N–H and O–H groups in total. The van der Waals surface area contributed by atoms with Crippen molar-refractivity contribution in [2.45, 2.75) is 98.2 Å². The number of hydrogen-bond acceptors (Lipinski definition) is 16. The Hall–Kier alpha value is -0.640. The molecule has 3 aliphatic rings.